The van der Waals surface area contributed by atoms with E-state index in [4.69, 9.17) is 0 Å². The Hall–Kier alpha value is -0.300. The SMILES string of the molecule is CCCC(Br)c1ccc(C)cc1. The molecule has 0 fully saturated rings. The van der Waals surface area contributed by atoms with Crippen LogP contribution in [0.3, 0.4) is 0 Å². The van der Waals surface area contributed by atoms with Crippen LogP contribution in [-0.2, 0) is 0 Å². The first-order valence-corrected chi connectivity index (χ1v) is 5.36. The van der Waals surface area contributed by atoms with Crippen molar-refractivity contribution in [2.75, 3.05) is 0 Å². The minimum absolute atomic E-state index is 0.531. The molecule has 1 aromatic rings. The van der Waals surface area contributed by atoms with Gasteiger partial charge < -0.3 is 0 Å². The Kier molecular flexibility index (Phi) is 3.80. The van der Waals surface area contributed by atoms with Gasteiger partial charge in [0.2, 0.25) is 0 Å². The molecule has 0 saturated heterocycles. The highest BCUT2D eigenvalue weighted by molar-refractivity contribution is 9.09. The Labute approximate surface area is 83.1 Å². The van der Waals surface area contributed by atoms with E-state index >= 15 is 0 Å². The second-order valence-electron chi connectivity index (χ2n) is 3.17. The van der Waals surface area contributed by atoms with Gasteiger partial charge in [-0.15, -0.1) is 0 Å². The maximum absolute atomic E-state index is 3.67. The summed E-state index contributed by atoms with van der Waals surface area (Å²) in [5.74, 6) is 0. The summed E-state index contributed by atoms with van der Waals surface area (Å²) >= 11 is 3.67. The molecule has 0 amide bonds. The van der Waals surface area contributed by atoms with E-state index in [2.05, 4.69) is 54.0 Å². The molecular formula is C11H15Br. The lowest BCUT2D eigenvalue weighted by Crippen LogP contribution is -1.88. The van der Waals surface area contributed by atoms with Crippen LogP contribution in [0.5, 0.6) is 0 Å². The van der Waals surface area contributed by atoms with Crippen LogP contribution >= 0.6 is 15.9 Å². The van der Waals surface area contributed by atoms with Crippen molar-refractivity contribution in [1.29, 1.82) is 0 Å². The van der Waals surface area contributed by atoms with Gasteiger partial charge in [0.1, 0.15) is 0 Å². The molecule has 1 atom stereocenters. The van der Waals surface area contributed by atoms with Gasteiger partial charge in [0, 0.05) is 4.83 Å². The lowest BCUT2D eigenvalue weighted by Gasteiger charge is -2.08. The molecule has 0 aliphatic rings. The van der Waals surface area contributed by atoms with Crippen LogP contribution in [0.1, 0.15) is 35.7 Å². The van der Waals surface area contributed by atoms with Gasteiger partial charge in [-0.05, 0) is 18.9 Å². The average Bonchev–Trinajstić information content (AvgIpc) is 2.06. The summed E-state index contributed by atoms with van der Waals surface area (Å²) < 4.78 is 0. The van der Waals surface area contributed by atoms with Crippen molar-refractivity contribution in [1.82, 2.24) is 0 Å². The minimum atomic E-state index is 0.531. The molecule has 12 heavy (non-hydrogen) atoms. The fourth-order valence-electron chi connectivity index (χ4n) is 1.20. The van der Waals surface area contributed by atoms with Gasteiger partial charge in [-0.1, -0.05) is 59.1 Å². The summed E-state index contributed by atoms with van der Waals surface area (Å²) in [5, 5.41) is 0. The number of aryl methyl sites for hydroxylation is 1. The maximum atomic E-state index is 3.67. The first kappa shape index (κ1) is 9.79. The lowest BCUT2D eigenvalue weighted by atomic mass is 10.1. The quantitative estimate of drug-likeness (QED) is 0.678. The van der Waals surface area contributed by atoms with Crippen molar-refractivity contribution < 1.29 is 0 Å². The van der Waals surface area contributed by atoms with Gasteiger partial charge in [-0.25, -0.2) is 0 Å². The van der Waals surface area contributed by atoms with Crippen molar-refractivity contribution in [2.24, 2.45) is 0 Å². The number of rotatable bonds is 3. The van der Waals surface area contributed by atoms with Crippen molar-refractivity contribution in [3.05, 3.63) is 35.4 Å². The van der Waals surface area contributed by atoms with E-state index in [1.807, 2.05) is 0 Å². The summed E-state index contributed by atoms with van der Waals surface area (Å²) in [6, 6.07) is 8.73. The first-order valence-electron chi connectivity index (χ1n) is 4.44. The Morgan fingerprint density at radius 3 is 2.33 bits per heavy atom. The fourth-order valence-corrected chi connectivity index (χ4v) is 1.96. The Balaban J connectivity index is 2.68. The van der Waals surface area contributed by atoms with E-state index in [0.717, 1.165) is 0 Å². The second kappa shape index (κ2) is 4.66. The molecule has 0 aromatic heterocycles. The fraction of sp³-hybridized carbons (Fsp3) is 0.455. The van der Waals surface area contributed by atoms with Gasteiger partial charge in [0.15, 0.2) is 0 Å². The van der Waals surface area contributed by atoms with Crippen molar-refractivity contribution in [2.45, 2.75) is 31.5 Å². The zero-order valence-electron chi connectivity index (χ0n) is 7.68. The molecule has 0 radical (unpaired) electrons. The highest BCUT2D eigenvalue weighted by Gasteiger charge is 2.04. The van der Waals surface area contributed by atoms with Crippen LogP contribution in [0.15, 0.2) is 24.3 Å². The minimum Gasteiger partial charge on any atom is -0.0839 e. The van der Waals surface area contributed by atoms with Crippen LogP contribution in [0.4, 0.5) is 0 Å². The highest BCUT2D eigenvalue weighted by Crippen LogP contribution is 2.27. The molecule has 0 aliphatic heterocycles. The first-order chi connectivity index (χ1) is 5.74. The predicted molar refractivity (Wildman–Crippen MR) is 57.8 cm³/mol. The van der Waals surface area contributed by atoms with Crippen LogP contribution in [0, 0.1) is 6.92 Å². The molecule has 1 heteroatoms. The second-order valence-corrected chi connectivity index (χ2v) is 4.27. The molecule has 0 N–H and O–H groups in total. The van der Waals surface area contributed by atoms with Gasteiger partial charge in [-0.2, -0.15) is 0 Å². The molecule has 0 nitrogen and oxygen atoms in total. The summed E-state index contributed by atoms with van der Waals surface area (Å²) in [6.07, 6.45) is 2.44. The monoisotopic (exact) mass is 226 g/mol. The Bertz CT molecular complexity index is 225. The molecule has 1 aromatic carbocycles. The summed E-state index contributed by atoms with van der Waals surface area (Å²) in [7, 11) is 0. The number of alkyl halides is 1. The maximum Gasteiger partial charge on any atom is 0.0395 e. The molecule has 0 spiro atoms. The summed E-state index contributed by atoms with van der Waals surface area (Å²) in [5.41, 5.74) is 2.72. The lowest BCUT2D eigenvalue weighted by molar-refractivity contribution is 0.788. The molecule has 0 aliphatic carbocycles. The molecule has 0 bridgehead atoms. The molecule has 1 unspecified atom stereocenters. The van der Waals surface area contributed by atoms with E-state index in [-0.39, 0.29) is 0 Å². The standard InChI is InChI=1S/C11H15Br/c1-3-4-11(12)10-7-5-9(2)6-8-10/h5-8,11H,3-4H2,1-2H3. The van der Waals surface area contributed by atoms with E-state index in [0.29, 0.717) is 4.83 Å². The third kappa shape index (κ3) is 2.63. The van der Waals surface area contributed by atoms with Crippen LogP contribution in [0.2, 0.25) is 0 Å². The van der Waals surface area contributed by atoms with Crippen molar-refractivity contribution >= 4 is 15.9 Å². The van der Waals surface area contributed by atoms with Crippen molar-refractivity contribution in [3.8, 4) is 0 Å². The zero-order valence-corrected chi connectivity index (χ0v) is 9.26. The predicted octanol–water partition coefficient (Wildman–Crippen LogP) is 4.23. The van der Waals surface area contributed by atoms with E-state index in [1.54, 1.807) is 0 Å². The zero-order chi connectivity index (χ0) is 8.97. The van der Waals surface area contributed by atoms with E-state index in [1.165, 1.54) is 24.0 Å². The van der Waals surface area contributed by atoms with Gasteiger partial charge in [0.25, 0.3) is 0 Å². The number of halogens is 1. The molecular weight excluding hydrogens is 212 g/mol. The highest BCUT2D eigenvalue weighted by atomic mass is 79.9. The Morgan fingerprint density at radius 2 is 1.83 bits per heavy atom. The molecule has 0 heterocycles. The Morgan fingerprint density at radius 1 is 1.25 bits per heavy atom. The third-order valence-electron chi connectivity index (χ3n) is 1.98. The largest absolute Gasteiger partial charge is 0.0839 e. The molecule has 66 valence electrons. The van der Waals surface area contributed by atoms with Gasteiger partial charge >= 0.3 is 0 Å². The number of benzene rings is 1. The van der Waals surface area contributed by atoms with Crippen LogP contribution in [0.25, 0.3) is 0 Å². The van der Waals surface area contributed by atoms with E-state index in [9.17, 15) is 0 Å². The third-order valence-corrected chi connectivity index (χ3v) is 2.97. The van der Waals surface area contributed by atoms with Crippen LogP contribution < -0.4 is 0 Å². The summed E-state index contributed by atoms with van der Waals surface area (Å²) in [4.78, 5) is 0.531. The van der Waals surface area contributed by atoms with Crippen LogP contribution in [-0.4, -0.2) is 0 Å². The molecule has 0 saturated carbocycles. The van der Waals surface area contributed by atoms with Gasteiger partial charge in [0.05, 0.1) is 0 Å². The van der Waals surface area contributed by atoms with Crippen molar-refractivity contribution in [3.63, 3.8) is 0 Å². The average molecular weight is 227 g/mol. The summed E-state index contributed by atoms with van der Waals surface area (Å²) in [6.45, 7) is 4.33. The number of hydrogen-bond donors (Lipinski definition) is 0. The normalized spacial score (nSPS) is 12.9. The molecule has 1 rings (SSSR count). The topological polar surface area (TPSA) is 0 Å². The van der Waals surface area contributed by atoms with Gasteiger partial charge in [-0.3, -0.25) is 0 Å². The number of hydrogen-bond acceptors (Lipinski definition) is 0. The van der Waals surface area contributed by atoms with E-state index < -0.39 is 0 Å². The smallest absolute Gasteiger partial charge is 0.0395 e.